The molecule has 0 saturated carbocycles. The second-order valence-corrected chi connectivity index (χ2v) is 7.05. The van der Waals surface area contributed by atoms with Gasteiger partial charge in [-0.05, 0) is 60.4 Å². The highest BCUT2D eigenvalue weighted by atomic mass is 16.5. The normalized spacial score (nSPS) is 10.6. The maximum Gasteiger partial charge on any atom is 0.262 e. The third-order valence-corrected chi connectivity index (χ3v) is 4.48. The molecule has 0 aliphatic rings. The van der Waals surface area contributed by atoms with Crippen molar-refractivity contribution in [2.24, 2.45) is 0 Å². The van der Waals surface area contributed by atoms with Crippen molar-refractivity contribution < 1.29 is 9.53 Å². The molecule has 0 fully saturated rings. The minimum Gasteiger partial charge on any atom is -0.484 e. The van der Waals surface area contributed by atoms with E-state index >= 15 is 0 Å². The van der Waals surface area contributed by atoms with Gasteiger partial charge < -0.3 is 15.4 Å². The third kappa shape index (κ3) is 5.13. The van der Waals surface area contributed by atoms with Crippen LogP contribution in [0.15, 0.2) is 72.8 Å². The SMILES string of the molecule is Cc1cccc(C(C)C)c1NC(=O)COc1ccc(Nc2ccccc2)cc1. The van der Waals surface area contributed by atoms with E-state index in [9.17, 15) is 4.79 Å². The van der Waals surface area contributed by atoms with E-state index in [-0.39, 0.29) is 12.5 Å². The fourth-order valence-corrected chi connectivity index (χ4v) is 2.99. The summed E-state index contributed by atoms with van der Waals surface area (Å²) in [6.07, 6.45) is 0. The van der Waals surface area contributed by atoms with Crippen LogP contribution in [0.25, 0.3) is 0 Å². The first-order valence-electron chi connectivity index (χ1n) is 9.47. The van der Waals surface area contributed by atoms with Crippen LogP contribution >= 0.6 is 0 Å². The molecule has 28 heavy (non-hydrogen) atoms. The Morgan fingerprint density at radius 3 is 2.25 bits per heavy atom. The highest BCUT2D eigenvalue weighted by molar-refractivity contribution is 5.93. The number of nitrogens with one attached hydrogen (secondary N) is 2. The molecule has 3 aromatic rings. The number of anilines is 3. The Labute approximate surface area is 166 Å². The van der Waals surface area contributed by atoms with Gasteiger partial charge in [0, 0.05) is 17.1 Å². The summed E-state index contributed by atoms with van der Waals surface area (Å²) in [5.74, 6) is 0.825. The van der Waals surface area contributed by atoms with Crippen molar-refractivity contribution in [2.45, 2.75) is 26.7 Å². The van der Waals surface area contributed by atoms with Gasteiger partial charge in [-0.3, -0.25) is 4.79 Å². The van der Waals surface area contributed by atoms with Crippen LogP contribution in [0, 0.1) is 6.92 Å². The lowest BCUT2D eigenvalue weighted by molar-refractivity contribution is -0.118. The maximum atomic E-state index is 12.4. The van der Waals surface area contributed by atoms with Gasteiger partial charge in [0.1, 0.15) is 5.75 Å². The van der Waals surface area contributed by atoms with E-state index in [2.05, 4.69) is 24.5 Å². The molecule has 0 bridgehead atoms. The lowest BCUT2D eigenvalue weighted by Crippen LogP contribution is -2.21. The molecule has 4 nitrogen and oxygen atoms in total. The van der Waals surface area contributed by atoms with Gasteiger partial charge in [0.25, 0.3) is 5.91 Å². The first-order valence-corrected chi connectivity index (χ1v) is 9.47. The van der Waals surface area contributed by atoms with Gasteiger partial charge in [0.2, 0.25) is 0 Å². The summed E-state index contributed by atoms with van der Waals surface area (Å²) in [5, 5.41) is 6.31. The van der Waals surface area contributed by atoms with Gasteiger partial charge in [0.05, 0.1) is 0 Å². The summed E-state index contributed by atoms with van der Waals surface area (Å²) in [7, 11) is 0. The van der Waals surface area contributed by atoms with Crippen LogP contribution in [0.2, 0.25) is 0 Å². The molecule has 2 N–H and O–H groups in total. The van der Waals surface area contributed by atoms with E-state index in [0.717, 1.165) is 28.2 Å². The largest absolute Gasteiger partial charge is 0.484 e. The number of benzene rings is 3. The van der Waals surface area contributed by atoms with Gasteiger partial charge in [-0.25, -0.2) is 0 Å². The average molecular weight is 374 g/mol. The fourth-order valence-electron chi connectivity index (χ4n) is 2.99. The Morgan fingerprint density at radius 2 is 1.57 bits per heavy atom. The van der Waals surface area contributed by atoms with Crippen molar-refractivity contribution >= 4 is 23.0 Å². The summed E-state index contributed by atoms with van der Waals surface area (Å²) in [6, 6.07) is 23.6. The van der Waals surface area contributed by atoms with Crippen LogP contribution in [0.3, 0.4) is 0 Å². The second kappa shape index (κ2) is 9.09. The Balaban J connectivity index is 1.57. The predicted molar refractivity (Wildman–Crippen MR) is 116 cm³/mol. The standard InChI is InChI=1S/C24H26N2O2/c1-17(2)22-11-7-8-18(3)24(22)26-23(27)16-28-21-14-12-20(13-15-21)25-19-9-5-4-6-10-19/h4-15,17,25H,16H2,1-3H3,(H,26,27). The molecule has 0 spiro atoms. The molecule has 0 aromatic heterocycles. The van der Waals surface area contributed by atoms with Crippen LogP contribution in [0.5, 0.6) is 5.75 Å². The number of hydrogen-bond acceptors (Lipinski definition) is 3. The molecule has 0 saturated heterocycles. The van der Waals surface area contributed by atoms with Crippen LogP contribution in [0.4, 0.5) is 17.1 Å². The Bertz CT molecular complexity index is 919. The molecule has 0 unspecified atom stereocenters. The molecule has 0 atom stereocenters. The minimum absolute atomic E-state index is 0.0304. The average Bonchev–Trinajstić information content (AvgIpc) is 2.69. The van der Waals surface area contributed by atoms with Crippen LogP contribution in [0.1, 0.15) is 30.9 Å². The van der Waals surface area contributed by atoms with Crippen LogP contribution < -0.4 is 15.4 Å². The predicted octanol–water partition coefficient (Wildman–Crippen LogP) is 5.88. The molecule has 0 radical (unpaired) electrons. The zero-order valence-corrected chi connectivity index (χ0v) is 16.5. The first kappa shape index (κ1) is 19.5. The molecule has 0 aliphatic carbocycles. The van der Waals surface area contributed by atoms with Gasteiger partial charge >= 0.3 is 0 Å². The lowest BCUT2D eigenvalue weighted by Gasteiger charge is -2.16. The second-order valence-electron chi connectivity index (χ2n) is 7.05. The van der Waals surface area contributed by atoms with Crippen molar-refractivity contribution in [3.63, 3.8) is 0 Å². The Morgan fingerprint density at radius 1 is 0.893 bits per heavy atom. The van der Waals surface area contributed by atoms with E-state index in [1.807, 2.05) is 79.7 Å². The summed E-state index contributed by atoms with van der Waals surface area (Å²) in [6.45, 7) is 6.20. The molecule has 144 valence electrons. The highest BCUT2D eigenvalue weighted by Crippen LogP contribution is 2.27. The van der Waals surface area contributed by atoms with Crippen LogP contribution in [-0.2, 0) is 4.79 Å². The Hall–Kier alpha value is -3.27. The first-order chi connectivity index (χ1) is 13.5. The summed E-state index contributed by atoms with van der Waals surface area (Å²) < 4.78 is 5.65. The van der Waals surface area contributed by atoms with Gasteiger partial charge in [-0.1, -0.05) is 50.2 Å². The minimum atomic E-state index is -0.164. The molecular formula is C24H26N2O2. The van der Waals surface area contributed by atoms with E-state index in [1.165, 1.54) is 0 Å². The van der Waals surface area contributed by atoms with E-state index in [1.54, 1.807) is 0 Å². The quantitative estimate of drug-likeness (QED) is 0.543. The number of hydrogen-bond donors (Lipinski definition) is 2. The molecule has 1 amide bonds. The summed E-state index contributed by atoms with van der Waals surface area (Å²) in [5.41, 5.74) is 5.05. The third-order valence-electron chi connectivity index (χ3n) is 4.48. The zero-order chi connectivity index (χ0) is 19.9. The Kier molecular flexibility index (Phi) is 6.33. The zero-order valence-electron chi connectivity index (χ0n) is 16.5. The lowest BCUT2D eigenvalue weighted by atomic mass is 9.98. The number of para-hydroxylation sites is 2. The molecule has 3 aromatic carbocycles. The molecule has 3 rings (SSSR count). The van der Waals surface area contributed by atoms with E-state index < -0.39 is 0 Å². The van der Waals surface area contributed by atoms with Crippen LogP contribution in [-0.4, -0.2) is 12.5 Å². The number of carbonyl (C=O) groups excluding carboxylic acids is 1. The maximum absolute atomic E-state index is 12.4. The van der Waals surface area contributed by atoms with Crippen molar-refractivity contribution in [1.82, 2.24) is 0 Å². The molecule has 4 heteroatoms. The highest BCUT2D eigenvalue weighted by Gasteiger charge is 2.12. The fraction of sp³-hybridized carbons (Fsp3) is 0.208. The molecule has 0 aliphatic heterocycles. The van der Waals surface area contributed by atoms with Gasteiger partial charge in [-0.2, -0.15) is 0 Å². The summed E-state index contributed by atoms with van der Waals surface area (Å²) >= 11 is 0. The molecular weight excluding hydrogens is 348 g/mol. The molecule has 0 heterocycles. The van der Waals surface area contributed by atoms with Gasteiger partial charge in [0.15, 0.2) is 6.61 Å². The number of amides is 1. The summed E-state index contributed by atoms with van der Waals surface area (Å²) in [4.78, 5) is 12.4. The van der Waals surface area contributed by atoms with Crippen molar-refractivity contribution in [3.8, 4) is 5.75 Å². The monoisotopic (exact) mass is 374 g/mol. The number of rotatable bonds is 7. The number of carbonyl (C=O) groups is 1. The topological polar surface area (TPSA) is 50.4 Å². The van der Waals surface area contributed by atoms with E-state index in [4.69, 9.17) is 4.74 Å². The van der Waals surface area contributed by atoms with E-state index in [0.29, 0.717) is 11.7 Å². The van der Waals surface area contributed by atoms with Crippen molar-refractivity contribution in [2.75, 3.05) is 17.2 Å². The van der Waals surface area contributed by atoms with Crippen molar-refractivity contribution in [3.05, 3.63) is 83.9 Å². The van der Waals surface area contributed by atoms with Gasteiger partial charge in [-0.15, -0.1) is 0 Å². The number of aryl methyl sites for hydroxylation is 1. The smallest absolute Gasteiger partial charge is 0.262 e. The van der Waals surface area contributed by atoms with Crippen molar-refractivity contribution in [1.29, 1.82) is 0 Å². The number of ether oxygens (including phenoxy) is 1.